The minimum absolute atomic E-state index is 0.0233. The van der Waals surface area contributed by atoms with E-state index in [4.69, 9.17) is 14.2 Å². The predicted octanol–water partition coefficient (Wildman–Crippen LogP) is 0.920. The van der Waals surface area contributed by atoms with Crippen molar-refractivity contribution in [3.8, 4) is 0 Å². The highest BCUT2D eigenvalue weighted by atomic mass is 32.2. The van der Waals surface area contributed by atoms with Crippen LogP contribution in [0.15, 0.2) is 18.2 Å². The van der Waals surface area contributed by atoms with Gasteiger partial charge in [-0.15, -0.1) is 0 Å². The van der Waals surface area contributed by atoms with Crippen LogP contribution >= 0.6 is 23.5 Å². The van der Waals surface area contributed by atoms with Crippen LogP contribution in [0.3, 0.4) is 0 Å². The molecule has 0 amide bonds. The number of esters is 3. The Kier molecular flexibility index (Phi) is 14.2. The zero-order valence-corrected chi connectivity index (χ0v) is 28.2. The number of Topliss-reactive ketones (excluding diaryl/α,β-unsaturated/α-hetero) is 1. The fourth-order valence-corrected chi connectivity index (χ4v) is 6.91. The molecule has 0 spiro atoms. The first-order valence-electron chi connectivity index (χ1n) is 15.5. The number of thioether (sulfide) groups is 2. The van der Waals surface area contributed by atoms with Crippen molar-refractivity contribution < 1.29 is 43.3 Å². The van der Waals surface area contributed by atoms with Crippen LogP contribution in [0.5, 0.6) is 0 Å². The van der Waals surface area contributed by atoms with Gasteiger partial charge in [0, 0.05) is 76.7 Å². The molecule has 1 N–H and O–H groups in total. The lowest BCUT2D eigenvalue weighted by Crippen LogP contribution is -2.52. The lowest BCUT2D eigenvalue weighted by molar-refractivity contribution is -0.258. The van der Waals surface area contributed by atoms with E-state index < -0.39 is 36.4 Å². The predicted molar refractivity (Wildman–Crippen MR) is 173 cm³/mol. The first-order chi connectivity index (χ1) is 22.1. The van der Waals surface area contributed by atoms with Crippen LogP contribution in [0.2, 0.25) is 0 Å². The molecule has 3 fully saturated rings. The largest absolute Gasteiger partial charge is 0.480 e. The molecule has 0 aliphatic carbocycles. The molecule has 4 bridgehead atoms. The Hall–Kier alpha value is -2.69. The zero-order valence-electron chi connectivity index (χ0n) is 26.5. The summed E-state index contributed by atoms with van der Waals surface area (Å²) in [6, 6.07) is 5.35. The van der Waals surface area contributed by atoms with E-state index in [1.807, 2.05) is 32.1 Å². The van der Waals surface area contributed by atoms with E-state index >= 15 is 0 Å². The number of nitrogens with zero attached hydrogens (tertiary/aromatic N) is 4. The van der Waals surface area contributed by atoms with Gasteiger partial charge in [0.05, 0.1) is 19.6 Å². The average Bonchev–Trinajstić information content (AvgIpc) is 3.01. The van der Waals surface area contributed by atoms with Gasteiger partial charge in [-0.1, -0.05) is 18.2 Å². The number of aliphatic carboxylic acids is 1. The van der Waals surface area contributed by atoms with Crippen molar-refractivity contribution in [2.24, 2.45) is 0 Å². The third-order valence-corrected chi connectivity index (χ3v) is 9.42. The van der Waals surface area contributed by atoms with Crippen LogP contribution < -0.4 is 0 Å². The molecule has 0 aromatic heterocycles. The summed E-state index contributed by atoms with van der Waals surface area (Å²) in [7, 11) is 0. The lowest BCUT2D eigenvalue weighted by Gasteiger charge is -2.35. The third-order valence-electron chi connectivity index (χ3n) is 8.17. The summed E-state index contributed by atoms with van der Waals surface area (Å²) in [6.45, 7) is 0.897. The second-order valence-electron chi connectivity index (χ2n) is 11.8. The van der Waals surface area contributed by atoms with Gasteiger partial charge in [0.15, 0.2) is 0 Å². The van der Waals surface area contributed by atoms with Crippen molar-refractivity contribution in [2.45, 2.75) is 43.3 Å². The van der Waals surface area contributed by atoms with Crippen molar-refractivity contribution in [3.05, 3.63) is 34.9 Å². The molecule has 15 heteroatoms. The molecule has 13 nitrogen and oxygen atoms in total. The molecule has 1 aromatic carbocycles. The summed E-state index contributed by atoms with van der Waals surface area (Å²) in [5, 5.41) is 10.3. The standard InChI is InChI=1S/C31H44N4O9S2/c1-45-20-23-13-22(14-24(15-23)21-46-2)16-25(36)3-4-26(30(40)41)35-11-9-33-7-5-32-6-8-34(10-12-35)19-29(39)44-31(42-27(37)17-32)43-28(38)18-33/h13-15,26,31H,3-12,16-21H2,1-2H3,(H,40,41). The second kappa shape index (κ2) is 18.0. The molecular weight excluding hydrogens is 636 g/mol. The number of hydrogen-bond donors (Lipinski definition) is 1. The van der Waals surface area contributed by atoms with Gasteiger partial charge in [-0.25, -0.2) is 0 Å². The Bertz CT molecular complexity index is 1190. The van der Waals surface area contributed by atoms with Gasteiger partial charge in [0.1, 0.15) is 11.8 Å². The smallest absolute Gasteiger partial charge is 0.412 e. The molecule has 3 atom stereocenters. The number of benzene rings is 1. The van der Waals surface area contributed by atoms with E-state index in [2.05, 4.69) is 18.2 Å². The zero-order chi connectivity index (χ0) is 33.1. The number of ketones is 1. The Labute approximate surface area is 278 Å². The monoisotopic (exact) mass is 680 g/mol. The molecule has 3 heterocycles. The van der Waals surface area contributed by atoms with Gasteiger partial charge in [0.25, 0.3) is 0 Å². The molecule has 4 rings (SSSR count). The van der Waals surface area contributed by atoms with Crippen molar-refractivity contribution in [1.82, 2.24) is 19.6 Å². The fraction of sp³-hybridized carbons (Fsp3) is 0.645. The van der Waals surface area contributed by atoms with Crippen LogP contribution in [0.25, 0.3) is 0 Å². The number of ether oxygens (including phenoxy) is 3. The SMILES string of the molecule is CSCc1cc(CSC)cc(CC(=O)CCC(C(=O)O)N2CCN3CCN4CCN(CC2)CC(=O)OC(OC(=O)C4)OC(=O)C3)c1. The van der Waals surface area contributed by atoms with E-state index in [0.29, 0.717) is 52.4 Å². The normalized spacial score (nSPS) is 25.6. The van der Waals surface area contributed by atoms with E-state index in [1.54, 1.807) is 23.5 Å². The van der Waals surface area contributed by atoms with Crippen molar-refractivity contribution >= 4 is 53.2 Å². The Morgan fingerprint density at radius 3 is 1.57 bits per heavy atom. The van der Waals surface area contributed by atoms with E-state index in [1.165, 1.54) is 11.1 Å². The van der Waals surface area contributed by atoms with Gasteiger partial charge >= 0.3 is 30.4 Å². The summed E-state index contributed by atoms with van der Waals surface area (Å²) >= 11 is 3.45. The van der Waals surface area contributed by atoms with Crippen molar-refractivity contribution in [1.29, 1.82) is 0 Å². The van der Waals surface area contributed by atoms with Gasteiger partial charge in [0.2, 0.25) is 0 Å². The topological polar surface area (TPSA) is 146 Å². The summed E-state index contributed by atoms with van der Waals surface area (Å²) < 4.78 is 15.6. The van der Waals surface area contributed by atoms with Gasteiger partial charge in [-0.05, 0) is 35.6 Å². The van der Waals surface area contributed by atoms with Crippen LogP contribution in [-0.4, -0.2) is 151 Å². The minimum atomic E-state index is -1.77. The lowest BCUT2D eigenvalue weighted by atomic mass is 9.99. The van der Waals surface area contributed by atoms with Crippen molar-refractivity contribution in [3.63, 3.8) is 0 Å². The number of carboxylic acids is 1. The summed E-state index contributed by atoms with van der Waals surface area (Å²) in [5.74, 6) is -1.49. The first kappa shape index (κ1) is 36.2. The molecule has 1 aromatic rings. The Morgan fingerprint density at radius 2 is 1.15 bits per heavy atom. The fourth-order valence-electron chi connectivity index (χ4n) is 5.91. The molecular formula is C31H44N4O9S2. The highest BCUT2D eigenvalue weighted by Gasteiger charge is 2.32. The molecule has 0 radical (unpaired) electrons. The molecule has 3 unspecified atom stereocenters. The van der Waals surface area contributed by atoms with Gasteiger partial charge in [-0.3, -0.25) is 43.6 Å². The second-order valence-corrected chi connectivity index (χ2v) is 13.5. The maximum absolute atomic E-state index is 13.2. The number of carbonyl (C=O) groups excluding carboxylic acids is 4. The van der Waals surface area contributed by atoms with E-state index in [-0.39, 0.29) is 44.7 Å². The van der Waals surface area contributed by atoms with Crippen LogP contribution in [0.4, 0.5) is 0 Å². The number of fused-ring (bicyclic) bond motifs is 7. The third kappa shape index (κ3) is 11.5. The van der Waals surface area contributed by atoms with Crippen LogP contribution in [-0.2, 0) is 56.1 Å². The highest BCUT2D eigenvalue weighted by Crippen LogP contribution is 2.20. The number of carboxylic acid groups (broad SMARTS) is 1. The molecule has 3 saturated heterocycles. The van der Waals surface area contributed by atoms with Crippen molar-refractivity contribution in [2.75, 3.05) is 84.5 Å². The van der Waals surface area contributed by atoms with Crippen LogP contribution in [0.1, 0.15) is 29.5 Å². The summed E-state index contributed by atoms with van der Waals surface area (Å²) in [4.78, 5) is 71.2. The van der Waals surface area contributed by atoms with E-state index in [0.717, 1.165) is 17.1 Å². The van der Waals surface area contributed by atoms with Crippen LogP contribution in [0, 0.1) is 0 Å². The average molecular weight is 681 g/mol. The first-order valence-corrected chi connectivity index (χ1v) is 18.2. The van der Waals surface area contributed by atoms with Gasteiger partial charge < -0.3 is 19.3 Å². The maximum Gasteiger partial charge on any atom is 0.412 e. The molecule has 46 heavy (non-hydrogen) atoms. The number of carbonyl (C=O) groups is 5. The maximum atomic E-state index is 13.2. The highest BCUT2D eigenvalue weighted by molar-refractivity contribution is 7.98. The van der Waals surface area contributed by atoms with Gasteiger partial charge in [-0.2, -0.15) is 23.5 Å². The summed E-state index contributed by atoms with van der Waals surface area (Å²) in [5.41, 5.74) is 3.29. The number of hydrogen-bond acceptors (Lipinski definition) is 14. The molecule has 254 valence electrons. The Balaban J connectivity index is 1.50. The van der Waals surface area contributed by atoms with E-state index in [9.17, 15) is 29.1 Å². The Morgan fingerprint density at radius 1 is 0.739 bits per heavy atom. The summed E-state index contributed by atoms with van der Waals surface area (Å²) in [6.07, 6.45) is 4.57. The molecule has 0 saturated carbocycles. The minimum Gasteiger partial charge on any atom is -0.480 e. The molecule has 3 aliphatic rings. The molecule has 3 aliphatic heterocycles. The quantitative estimate of drug-likeness (QED) is 0.330. The number of rotatable bonds is 11.